The van der Waals surface area contributed by atoms with Gasteiger partial charge in [-0.2, -0.15) is 0 Å². The normalized spacial score (nSPS) is 8.64. The maximum Gasteiger partial charge on any atom is 0.316 e. The number of urea groups is 1. The van der Waals surface area contributed by atoms with Crippen molar-refractivity contribution in [2.75, 3.05) is 10.6 Å². The van der Waals surface area contributed by atoms with E-state index in [0.717, 1.165) is 5.56 Å². The molecule has 0 fully saturated rings. The number of primary amides is 1. The van der Waals surface area contributed by atoms with Crippen LogP contribution >= 0.6 is 15.9 Å². The number of amides is 2. The van der Waals surface area contributed by atoms with E-state index in [-0.39, 0.29) is 0 Å². The lowest BCUT2D eigenvalue weighted by Gasteiger charge is -2.00. The molecule has 0 saturated heterocycles. The zero-order chi connectivity index (χ0) is 10.4. The number of alkyl halides is 1. The van der Waals surface area contributed by atoms with Gasteiger partial charge >= 0.3 is 6.03 Å². The van der Waals surface area contributed by atoms with Gasteiger partial charge in [0.25, 0.3) is 0 Å². The van der Waals surface area contributed by atoms with Gasteiger partial charge in [0.15, 0.2) is 0 Å². The van der Waals surface area contributed by atoms with Gasteiger partial charge in [0.1, 0.15) is 0 Å². The second kappa shape index (κ2) is 5.30. The topological polar surface area (TPSA) is 55.1 Å². The average Bonchev–Trinajstić information content (AvgIpc) is 2.16. The summed E-state index contributed by atoms with van der Waals surface area (Å²) in [4.78, 5) is 10.5. The maximum absolute atomic E-state index is 10.5. The minimum Gasteiger partial charge on any atom is -0.351 e. The molecule has 0 aliphatic heterocycles. The van der Waals surface area contributed by atoms with Gasteiger partial charge < -0.3 is 11.1 Å². The summed E-state index contributed by atoms with van der Waals surface area (Å²) in [6, 6.07) is 6.58. The Bertz CT molecular complexity index is 375. The zero-order valence-corrected chi connectivity index (χ0v) is 8.97. The van der Waals surface area contributed by atoms with Crippen LogP contribution in [0.5, 0.6) is 0 Å². The fourth-order valence-corrected chi connectivity index (χ4v) is 1.05. The predicted octanol–water partition coefficient (Wildman–Crippen LogP) is 1.92. The van der Waals surface area contributed by atoms with Gasteiger partial charge in [0.05, 0.1) is 5.33 Å². The van der Waals surface area contributed by atoms with E-state index in [1.165, 1.54) is 0 Å². The number of nitrogens with one attached hydrogen (secondary N) is 1. The number of rotatable bonds is 1. The van der Waals surface area contributed by atoms with Crippen LogP contribution in [0.3, 0.4) is 0 Å². The molecule has 0 aliphatic rings. The summed E-state index contributed by atoms with van der Waals surface area (Å²) in [6.45, 7) is 0. The van der Waals surface area contributed by atoms with Crippen LogP contribution in [0.2, 0.25) is 0 Å². The molecule has 72 valence electrons. The predicted molar refractivity (Wildman–Crippen MR) is 60.3 cm³/mol. The molecular formula is C10H9BrN2O. The molecule has 0 heterocycles. The number of carbonyl (C=O) groups is 1. The van der Waals surface area contributed by atoms with Gasteiger partial charge in [0.2, 0.25) is 0 Å². The fraction of sp³-hybridized carbons (Fsp3) is 0.100. The first-order valence-electron chi connectivity index (χ1n) is 3.93. The van der Waals surface area contributed by atoms with E-state index in [9.17, 15) is 4.79 Å². The molecule has 14 heavy (non-hydrogen) atoms. The summed E-state index contributed by atoms with van der Waals surface area (Å²) >= 11 is 3.21. The summed E-state index contributed by atoms with van der Waals surface area (Å²) in [6.07, 6.45) is 0. The van der Waals surface area contributed by atoms with E-state index in [4.69, 9.17) is 5.73 Å². The quantitative estimate of drug-likeness (QED) is 0.583. The van der Waals surface area contributed by atoms with Crippen LogP contribution in [-0.4, -0.2) is 11.4 Å². The molecule has 0 saturated carbocycles. The standard InChI is InChI=1S/C10H9BrN2O/c11-7-1-2-8-3-5-9(6-4-8)13-10(12)14/h3-6H,7H2,(H3,12,13,14). The molecule has 4 heteroatoms. The van der Waals surface area contributed by atoms with Crippen LogP contribution in [0.15, 0.2) is 24.3 Å². The number of anilines is 1. The van der Waals surface area contributed by atoms with E-state index >= 15 is 0 Å². The van der Waals surface area contributed by atoms with Gasteiger partial charge in [-0.3, -0.25) is 0 Å². The molecule has 0 aliphatic carbocycles. The molecule has 3 nitrogen and oxygen atoms in total. The number of halogens is 1. The first-order chi connectivity index (χ1) is 6.72. The Morgan fingerprint density at radius 2 is 2.07 bits per heavy atom. The summed E-state index contributed by atoms with van der Waals surface area (Å²) < 4.78 is 0. The third-order valence-electron chi connectivity index (χ3n) is 1.45. The third kappa shape index (κ3) is 3.50. The van der Waals surface area contributed by atoms with Gasteiger partial charge in [-0.05, 0) is 24.3 Å². The number of hydrogen-bond donors (Lipinski definition) is 2. The Balaban J connectivity index is 2.73. The fourth-order valence-electron chi connectivity index (χ4n) is 0.915. The van der Waals surface area contributed by atoms with E-state index in [2.05, 4.69) is 33.1 Å². The van der Waals surface area contributed by atoms with Gasteiger partial charge in [-0.1, -0.05) is 27.8 Å². The van der Waals surface area contributed by atoms with Gasteiger partial charge in [0, 0.05) is 11.3 Å². The molecule has 0 bridgehead atoms. The molecule has 1 rings (SSSR count). The highest BCUT2D eigenvalue weighted by Gasteiger charge is 1.94. The minimum atomic E-state index is -0.565. The van der Waals surface area contributed by atoms with Crippen molar-refractivity contribution >= 4 is 27.6 Å². The summed E-state index contributed by atoms with van der Waals surface area (Å²) in [7, 11) is 0. The minimum absolute atomic E-state index is 0.565. The smallest absolute Gasteiger partial charge is 0.316 e. The lowest BCUT2D eigenvalue weighted by Crippen LogP contribution is -2.19. The van der Waals surface area contributed by atoms with Gasteiger partial charge in [-0.25, -0.2) is 4.79 Å². The molecule has 0 aromatic heterocycles. The lowest BCUT2D eigenvalue weighted by molar-refractivity contribution is 0.259. The van der Waals surface area contributed by atoms with E-state index in [1.807, 2.05) is 12.1 Å². The molecule has 1 aromatic carbocycles. The monoisotopic (exact) mass is 252 g/mol. The van der Waals surface area contributed by atoms with Crippen molar-refractivity contribution in [1.29, 1.82) is 0 Å². The van der Waals surface area contributed by atoms with Crippen molar-refractivity contribution < 1.29 is 4.79 Å². The summed E-state index contributed by atoms with van der Waals surface area (Å²) in [5.74, 6) is 5.81. The Hall–Kier alpha value is -1.47. The number of hydrogen-bond acceptors (Lipinski definition) is 1. The SMILES string of the molecule is NC(=O)Nc1ccc(C#CCBr)cc1. The second-order valence-corrected chi connectivity index (χ2v) is 3.06. The molecule has 0 spiro atoms. The highest BCUT2D eigenvalue weighted by atomic mass is 79.9. The molecule has 3 N–H and O–H groups in total. The van der Waals surface area contributed by atoms with Crippen LogP contribution in [0.25, 0.3) is 0 Å². The molecule has 1 aromatic rings. The van der Waals surface area contributed by atoms with Crippen molar-refractivity contribution in [3.05, 3.63) is 29.8 Å². The Morgan fingerprint density at radius 1 is 1.43 bits per heavy atom. The summed E-state index contributed by atoms with van der Waals surface area (Å²) in [5.41, 5.74) is 6.53. The largest absolute Gasteiger partial charge is 0.351 e. The van der Waals surface area contributed by atoms with Crippen molar-refractivity contribution in [2.45, 2.75) is 0 Å². The Labute approximate surface area is 90.8 Å². The Morgan fingerprint density at radius 3 is 2.57 bits per heavy atom. The Kier molecular flexibility index (Phi) is 4.02. The highest BCUT2D eigenvalue weighted by molar-refractivity contribution is 9.09. The van der Waals surface area contributed by atoms with Crippen LogP contribution in [0, 0.1) is 11.8 Å². The average molecular weight is 253 g/mol. The number of carbonyl (C=O) groups excluding carboxylic acids is 1. The van der Waals surface area contributed by atoms with E-state index < -0.39 is 6.03 Å². The first kappa shape index (κ1) is 10.6. The number of nitrogens with two attached hydrogens (primary N) is 1. The van der Waals surface area contributed by atoms with Crippen molar-refractivity contribution in [1.82, 2.24) is 0 Å². The molecule has 2 amide bonds. The lowest BCUT2D eigenvalue weighted by atomic mass is 10.2. The van der Waals surface area contributed by atoms with Crippen molar-refractivity contribution in [3.63, 3.8) is 0 Å². The first-order valence-corrected chi connectivity index (χ1v) is 5.06. The van der Waals surface area contributed by atoms with Crippen LogP contribution in [0.4, 0.5) is 10.5 Å². The van der Waals surface area contributed by atoms with E-state index in [0.29, 0.717) is 11.0 Å². The van der Waals surface area contributed by atoms with Crippen LogP contribution in [-0.2, 0) is 0 Å². The second-order valence-electron chi connectivity index (χ2n) is 2.50. The van der Waals surface area contributed by atoms with Crippen molar-refractivity contribution in [3.8, 4) is 11.8 Å². The molecular weight excluding hydrogens is 244 g/mol. The zero-order valence-electron chi connectivity index (χ0n) is 7.38. The maximum atomic E-state index is 10.5. The molecule has 0 unspecified atom stereocenters. The van der Waals surface area contributed by atoms with Crippen molar-refractivity contribution in [2.24, 2.45) is 5.73 Å². The summed E-state index contributed by atoms with van der Waals surface area (Å²) in [5, 5.41) is 3.12. The molecule has 0 radical (unpaired) electrons. The van der Waals surface area contributed by atoms with Gasteiger partial charge in [-0.15, -0.1) is 0 Å². The van der Waals surface area contributed by atoms with E-state index in [1.54, 1.807) is 12.1 Å². The molecule has 0 atom stereocenters. The third-order valence-corrected chi connectivity index (χ3v) is 1.73. The number of benzene rings is 1. The van der Waals surface area contributed by atoms with Crippen LogP contribution in [0.1, 0.15) is 5.56 Å². The van der Waals surface area contributed by atoms with Crippen LogP contribution < -0.4 is 11.1 Å². The highest BCUT2D eigenvalue weighted by Crippen LogP contribution is 2.07.